The molecule has 8 heteroatoms. The second-order valence-electron chi connectivity index (χ2n) is 6.17. The summed E-state index contributed by atoms with van der Waals surface area (Å²) in [4.78, 5) is 48.3. The molecule has 26 heavy (non-hydrogen) atoms. The monoisotopic (exact) mass is 381 g/mol. The Morgan fingerprint density at radius 1 is 1.15 bits per heavy atom. The summed E-state index contributed by atoms with van der Waals surface area (Å²) in [5, 5.41) is 2.79. The van der Waals surface area contributed by atoms with E-state index in [2.05, 4.69) is 5.32 Å². The Morgan fingerprint density at radius 2 is 1.81 bits per heavy atom. The van der Waals surface area contributed by atoms with Crippen LogP contribution in [0.4, 0.5) is 5.00 Å². The third-order valence-electron chi connectivity index (χ3n) is 4.23. The average Bonchev–Trinajstić information content (AvgIpc) is 3.21. The summed E-state index contributed by atoms with van der Waals surface area (Å²) in [7, 11) is 0. The van der Waals surface area contributed by atoms with Crippen molar-refractivity contribution in [3.63, 3.8) is 0 Å². The van der Waals surface area contributed by atoms with Crippen LogP contribution in [0.25, 0.3) is 0 Å². The fourth-order valence-electron chi connectivity index (χ4n) is 2.97. The number of ether oxygens (including phenoxy) is 2. The number of thiophene rings is 1. The highest BCUT2D eigenvalue weighted by Gasteiger charge is 2.27. The van der Waals surface area contributed by atoms with Crippen molar-refractivity contribution < 1.29 is 28.7 Å². The molecule has 1 aliphatic rings. The second-order valence-corrected chi connectivity index (χ2v) is 7.19. The minimum atomic E-state index is -0.605. The molecule has 0 aromatic carbocycles. The first-order valence-electron chi connectivity index (χ1n) is 8.63. The Bertz CT molecular complexity index is 718. The largest absolute Gasteiger partial charge is 0.462 e. The van der Waals surface area contributed by atoms with Crippen LogP contribution in [-0.2, 0) is 19.1 Å². The molecule has 1 aliphatic carbocycles. The molecule has 7 nitrogen and oxygen atoms in total. The number of rotatable bonds is 7. The zero-order valence-corrected chi connectivity index (χ0v) is 16.0. The van der Waals surface area contributed by atoms with Gasteiger partial charge in [0, 0.05) is 0 Å². The molecule has 0 spiro atoms. The highest BCUT2D eigenvalue weighted by molar-refractivity contribution is 7.18. The van der Waals surface area contributed by atoms with Crippen LogP contribution in [0.3, 0.4) is 0 Å². The van der Waals surface area contributed by atoms with E-state index in [4.69, 9.17) is 9.47 Å². The van der Waals surface area contributed by atoms with E-state index in [0.717, 1.165) is 37.0 Å². The van der Waals surface area contributed by atoms with Crippen molar-refractivity contribution in [2.45, 2.75) is 46.5 Å². The molecule has 2 rings (SSSR count). The number of hydrogen-bond donors (Lipinski definition) is 1. The van der Waals surface area contributed by atoms with Gasteiger partial charge in [0.15, 0.2) is 12.4 Å². The first kappa shape index (κ1) is 20.1. The van der Waals surface area contributed by atoms with E-state index in [-0.39, 0.29) is 34.8 Å². The SMILES string of the molecule is CCOC(=O)c1c(NC(=O)COC(=O)C2CCCC2)sc(C(C)=O)c1C. The van der Waals surface area contributed by atoms with Crippen LogP contribution in [0.1, 0.15) is 65.1 Å². The van der Waals surface area contributed by atoms with Crippen molar-refractivity contribution in [2.24, 2.45) is 5.92 Å². The summed E-state index contributed by atoms with van der Waals surface area (Å²) in [6, 6.07) is 0. The minimum absolute atomic E-state index is 0.133. The summed E-state index contributed by atoms with van der Waals surface area (Å²) < 4.78 is 10.1. The van der Waals surface area contributed by atoms with Gasteiger partial charge in [-0.1, -0.05) is 12.8 Å². The van der Waals surface area contributed by atoms with Crippen LogP contribution >= 0.6 is 11.3 Å². The zero-order valence-electron chi connectivity index (χ0n) is 15.2. The molecule has 142 valence electrons. The molecule has 0 saturated heterocycles. The number of carbonyl (C=O) groups excluding carboxylic acids is 4. The molecule has 1 heterocycles. The van der Waals surface area contributed by atoms with Crippen LogP contribution in [0, 0.1) is 12.8 Å². The lowest BCUT2D eigenvalue weighted by Crippen LogP contribution is -2.24. The highest BCUT2D eigenvalue weighted by Crippen LogP contribution is 2.34. The van der Waals surface area contributed by atoms with Gasteiger partial charge in [0.2, 0.25) is 0 Å². The van der Waals surface area contributed by atoms with Crippen molar-refractivity contribution in [1.82, 2.24) is 0 Å². The standard InChI is InChI=1S/C18H23NO6S/c1-4-24-18(23)14-10(2)15(11(3)20)26-16(14)19-13(21)9-25-17(22)12-7-5-6-8-12/h12H,4-9H2,1-3H3,(H,19,21). The molecule has 1 aromatic rings. The number of esters is 2. The van der Waals surface area contributed by atoms with Crippen LogP contribution in [0.5, 0.6) is 0 Å². The molecule has 0 unspecified atom stereocenters. The zero-order chi connectivity index (χ0) is 19.3. The molecule has 1 fully saturated rings. The molecular formula is C18H23NO6S. The first-order chi connectivity index (χ1) is 12.3. The Kier molecular flexibility index (Phi) is 6.90. The van der Waals surface area contributed by atoms with Gasteiger partial charge in [-0.05, 0) is 39.2 Å². The van der Waals surface area contributed by atoms with E-state index in [1.165, 1.54) is 6.92 Å². The smallest absolute Gasteiger partial charge is 0.341 e. The summed E-state index contributed by atoms with van der Waals surface area (Å²) in [6.07, 6.45) is 3.58. The van der Waals surface area contributed by atoms with Crippen LogP contribution in [-0.4, -0.2) is 36.8 Å². The van der Waals surface area contributed by atoms with Crippen molar-refractivity contribution in [3.8, 4) is 0 Å². The summed E-state index contributed by atoms with van der Waals surface area (Å²) >= 11 is 1.01. The third kappa shape index (κ3) is 4.69. The summed E-state index contributed by atoms with van der Waals surface area (Å²) in [5.41, 5.74) is 0.636. The van der Waals surface area contributed by atoms with E-state index >= 15 is 0 Å². The van der Waals surface area contributed by atoms with Gasteiger partial charge in [-0.15, -0.1) is 11.3 Å². The van der Waals surface area contributed by atoms with Gasteiger partial charge in [0.1, 0.15) is 5.00 Å². The fraction of sp³-hybridized carbons (Fsp3) is 0.556. The quantitative estimate of drug-likeness (QED) is 0.575. The van der Waals surface area contributed by atoms with Crippen LogP contribution < -0.4 is 5.32 Å². The molecule has 1 saturated carbocycles. The van der Waals surface area contributed by atoms with Crippen molar-refractivity contribution >= 4 is 40.0 Å². The van der Waals surface area contributed by atoms with Gasteiger partial charge in [-0.2, -0.15) is 0 Å². The predicted octanol–water partition coefficient (Wildman–Crippen LogP) is 3.11. The molecule has 0 atom stereocenters. The molecule has 1 aromatic heterocycles. The number of hydrogen-bond acceptors (Lipinski definition) is 7. The summed E-state index contributed by atoms with van der Waals surface area (Å²) in [5.74, 6) is -1.86. The topological polar surface area (TPSA) is 98.8 Å². The van der Waals surface area contributed by atoms with E-state index in [9.17, 15) is 19.2 Å². The Balaban J connectivity index is 2.07. The predicted molar refractivity (Wildman–Crippen MR) is 96.6 cm³/mol. The van der Waals surface area contributed by atoms with Crippen molar-refractivity contribution in [3.05, 3.63) is 16.0 Å². The lowest BCUT2D eigenvalue weighted by atomic mass is 10.1. The van der Waals surface area contributed by atoms with Crippen molar-refractivity contribution in [2.75, 3.05) is 18.5 Å². The number of carbonyl (C=O) groups is 4. The maximum Gasteiger partial charge on any atom is 0.341 e. The van der Waals surface area contributed by atoms with Gasteiger partial charge < -0.3 is 14.8 Å². The highest BCUT2D eigenvalue weighted by atomic mass is 32.1. The van der Waals surface area contributed by atoms with Gasteiger partial charge >= 0.3 is 11.9 Å². The van der Waals surface area contributed by atoms with Gasteiger partial charge in [0.05, 0.1) is 23.0 Å². The van der Waals surface area contributed by atoms with Gasteiger partial charge in [-0.25, -0.2) is 4.79 Å². The second kappa shape index (κ2) is 8.93. The fourth-order valence-corrected chi connectivity index (χ4v) is 4.07. The minimum Gasteiger partial charge on any atom is -0.462 e. The third-order valence-corrected chi connectivity index (χ3v) is 5.54. The van der Waals surface area contributed by atoms with Crippen LogP contribution in [0.15, 0.2) is 0 Å². The Labute approximate surface area is 156 Å². The van der Waals surface area contributed by atoms with E-state index in [0.29, 0.717) is 10.4 Å². The van der Waals surface area contributed by atoms with Crippen LogP contribution in [0.2, 0.25) is 0 Å². The summed E-state index contributed by atoms with van der Waals surface area (Å²) in [6.45, 7) is 4.45. The maximum atomic E-state index is 12.2. The number of anilines is 1. The molecular weight excluding hydrogens is 358 g/mol. The van der Waals surface area contributed by atoms with E-state index in [1.54, 1.807) is 13.8 Å². The van der Waals surface area contributed by atoms with Crippen molar-refractivity contribution in [1.29, 1.82) is 0 Å². The van der Waals surface area contributed by atoms with Gasteiger partial charge in [0.25, 0.3) is 5.91 Å². The Morgan fingerprint density at radius 3 is 2.38 bits per heavy atom. The normalized spacial score (nSPS) is 14.1. The molecule has 0 bridgehead atoms. The van der Waals surface area contributed by atoms with E-state index < -0.39 is 18.5 Å². The molecule has 0 radical (unpaired) electrons. The lowest BCUT2D eigenvalue weighted by Gasteiger charge is -2.10. The number of nitrogens with one attached hydrogen (secondary N) is 1. The van der Waals surface area contributed by atoms with E-state index in [1.807, 2.05) is 0 Å². The number of ketones is 1. The number of Topliss-reactive ketones (excluding diaryl/α,β-unsaturated/α-hetero) is 1. The first-order valence-corrected chi connectivity index (χ1v) is 9.44. The average molecular weight is 381 g/mol. The molecule has 0 aliphatic heterocycles. The molecule has 1 N–H and O–H groups in total. The molecule has 1 amide bonds. The number of amides is 1. The maximum absolute atomic E-state index is 12.2. The Hall–Kier alpha value is -2.22. The lowest BCUT2D eigenvalue weighted by molar-refractivity contribution is -0.151. The van der Waals surface area contributed by atoms with Gasteiger partial charge in [-0.3, -0.25) is 14.4 Å².